The molecule has 0 amide bonds. The van der Waals surface area contributed by atoms with Crippen molar-refractivity contribution in [2.24, 2.45) is 0 Å². The molecule has 0 aliphatic rings. The maximum atomic E-state index is 3.65. The molecule has 0 saturated carbocycles. The van der Waals surface area contributed by atoms with Crippen molar-refractivity contribution in [3.8, 4) is 0 Å². The molecular formula is C13H23BrN2S. The number of hydrogen-bond acceptors (Lipinski definition) is 3. The second kappa shape index (κ2) is 8.25. The molecule has 0 aromatic carbocycles. The van der Waals surface area contributed by atoms with Crippen molar-refractivity contribution in [2.75, 3.05) is 27.2 Å². The Balaban J connectivity index is 2.47. The monoisotopic (exact) mass is 318 g/mol. The van der Waals surface area contributed by atoms with Crippen LogP contribution in [0.4, 0.5) is 0 Å². The summed E-state index contributed by atoms with van der Waals surface area (Å²) in [6.07, 6.45) is 3.54. The van der Waals surface area contributed by atoms with Crippen LogP contribution in [0.1, 0.15) is 24.6 Å². The van der Waals surface area contributed by atoms with E-state index in [9.17, 15) is 0 Å². The molecule has 4 heteroatoms. The van der Waals surface area contributed by atoms with Crippen LogP contribution < -0.4 is 5.32 Å². The molecule has 0 spiro atoms. The van der Waals surface area contributed by atoms with Crippen LogP contribution in [-0.2, 0) is 6.42 Å². The van der Waals surface area contributed by atoms with Crippen LogP contribution in [0.3, 0.4) is 0 Å². The highest BCUT2D eigenvalue weighted by atomic mass is 79.9. The summed E-state index contributed by atoms with van der Waals surface area (Å²) in [7, 11) is 4.27. The zero-order valence-electron chi connectivity index (χ0n) is 11.0. The lowest BCUT2D eigenvalue weighted by Crippen LogP contribution is -2.34. The molecule has 0 fully saturated rings. The fourth-order valence-electron chi connectivity index (χ4n) is 1.73. The molecular weight excluding hydrogens is 296 g/mol. The standard InChI is InChI=1S/C13H23BrN2S/c1-4-7-15-11(5-8-16(2)3)10-13-12(14)6-9-17-13/h6,9,11,15H,4-5,7-8,10H2,1-3H3. The van der Waals surface area contributed by atoms with Gasteiger partial charge in [0.1, 0.15) is 0 Å². The highest BCUT2D eigenvalue weighted by Gasteiger charge is 2.12. The Morgan fingerprint density at radius 1 is 1.47 bits per heavy atom. The van der Waals surface area contributed by atoms with Gasteiger partial charge in [-0.3, -0.25) is 0 Å². The smallest absolute Gasteiger partial charge is 0.0314 e. The molecule has 1 unspecified atom stereocenters. The van der Waals surface area contributed by atoms with E-state index in [0.717, 1.165) is 19.5 Å². The first kappa shape index (κ1) is 15.2. The Kier molecular flexibility index (Phi) is 7.35. The third-order valence-corrected chi connectivity index (χ3v) is 4.68. The van der Waals surface area contributed by atoms with Gasteiger partial charge >= 0.3 is 0 Å². The summed E-state index contributed by atoms with van der Waals surface area (Å²) in [5, 5.41) is 5.80. The molecule has 2 nitrogen and oxygen atoms in total. The Labute approximate surface area is 118 Å². The second-order valence-electron chi connectivity index (χ2n) is 4.64. The quantitative estimate of drug-likeness (QED) is 0.790. The van der Waals surface area contributed by atoms with E-state index in [1.807, 2.05) is 11.3 Å². The van der Waals surface area contributed by atoms with Crippen LogP contribution in [0, 0.1) is 0 Å². The average molecular weight is 319 g/mol. The first-order valence-electron chi connectivity index (χ1n) is 6.23. The lowest BCUT2D eigenvalue weighted by atomic mass is 10.1. The van der Waals surface area contributed by atoms with Crippen molar-refractivity contribution in [1.29, 1.82) is 0 Å². The molecule has 1 heterocycles. The highest BCUT2D eigenvalue weighted by Crippen LogP contribution is 2.24. The van der Waals surface area contributed by atoms with E-state index >= 15 is 0 Å². The lowest BCUT2D eigenvalue weighted by Gasteiger charge is -2.20. The van der Waals surface area contributed by atoms with Crippen molar-refractivity contribution >= 4 is 27.3 Å². The van der Waals surface area contributed by atoms with Gasteiger partial charge in [-0.15, -0.1) is 11.3 Å². The van der Waals surface area contributed by atoms with Gasteiger partial charge in [-0.05, 0) is 73.8 Å². The molecule has 1 N–H and O–H groups in total. The van der Waals surface area contributed by atoms with E-state index in [1.54, 1.807) is 0 Å². The molecule has 1 aromatic heterocycles. The third-order valence-electron chi connectivity index (χ3n) is 2.73. The summed E-state index contributed by atoms with van der Waals surface area (Å²) in [5.41, 5.74) is 0. The SMILES string of the molecule is CCCNC(CCN(C)C)Cc1sccc1Br. The Morgan fingerprint density at radius 3 is 2.76 bits per heavy atom. The van der Waals surface area contributed by atoms with Crippen LogP contribution in [0.5, 0.6) is 0 Å². The minimum atomic E-state index is 0.590. The van der Waals surface area contributed by atoms with Crippen molar-refractivity contribution < 1.29 is 0 Å². The minimum absolute atomic E-state index is 0.590. The molecule has 0 radical (unpaired) electrons. The molecule has 1 rings (SSSR count). The van der Waals surface area contributed by atoms with E-state index in [2.05, 4.69) is 58.6 Å². The Morgan fingerprint density at radius 2 is 2.24 bits per heavy atom. The van der Waals surface area contributed by atoms with Crippen molar-refractivity contribution in [3.63, 3.8) is 0 Å². The second-order valence-corrected chi connectivity index (χ2v) is 6.49. The highest BCUT2D eigenvalue weighted by molar-refractivity contribution is 9.10. The van der Waals surface area contributed by atoms with Crippen LogP contribution in [0.15, 0.2) is 15.9 Å². The first-order valence-corrected chi connectivity index (χ1v) is 7.90. The van der Waals surface area contributed by atoms with Crippen LogP contribution in [0.2, 0.25) is 0 Å². The topological polar surface area (TPSA) is 15.3 Å². The van der Waals surface area contributed by atoms with Crippen LogP contribution in [0.25, 0.3) is 0 Å². The van der Waals surface area contributed by atoms with Gasteiger partial charge in [0, 0.05) is 15.4 Å². The summed E-state index contributed by atoms with van der Waals surface area (Å²) in [4.78, 5) is 3.71. The summed E-state index contributed by atoms with van der Waals surface area (Å²) < 4.78 is 1.26. The van der Waals surface area contributed by atoms with E-state index < -0.39 is 0 Å². The number of nitrogens with one attached hydrogen (secondary N) is 1. The van der Waals surface area contributed by atoms with Gasteiger partial charge in [-0.2, -0.15) is 0 Å². The van der Waals surface area contributed by atoms with Crippen molar-refractivity contribution in [1.82, 2.24) is 10.2 Å². The largest absolute Gasteiger partial charge is 0.314 e. The molecule has 17 heavy (non-hydrogen) atoms. The van der Waals surface area contributed by atoms with E-state index in [4.69, 9.17) is 0 Å². The van der Waals surface area contributed by atoms with Gasteiger partial charge in [0.25, 0.3) is 0 Å². The molecule has 1 aromatic rings. The molecule has 1 atom stereocenters. The Hall–Kier alpha value is 0.100. The number of rotatable bonds is 8. The minimum Gasteiger partial charge on any atom is -0.314 e. The van der Waals surface area contributed by atoms with Gasteiger partial charge in [0.15, 0.2) is 0 Å². The van der Waals surface area contributed by atoms with Crippen LogP contribution >= 0.6 is 27.3 Å². The predicted octanol–water partition coefficient (Wildman–Crippen LogP) is 3.37. The van der Waals surface area contributed by atoms with Gasteiger partial charge in [0.05, 0.1) is 0 Å². The summed E-state index contributed by atoms with van der Waals surface area (Å²) in [6, 6.07) is 2.73. The summed E-state index contributed by atoms with van der Waals surface area (Å²) >= 11 is 5.46. The molecule has 0 saturated heterocycles. The number of hydrogen-bond donors (Lipinski definition) is 1. The summed E-state index contributed by atoms with van der Waals surface area (Å²) in [6.45, 7) is 4.47. The van der Waals surface area contributed by atoms with E-state index in [-0.39, 0.29) is 0 Å². The number of halogens is 1. The fourth-order valence-corrected chi connectivity index (χ4v) is 3.33. The van der Waals surface area contributed by atoms with Gasteiger partial charge in [-0.25, -0.2) is 0 Å². The molecule has 98 valence electrons. The van der Waals surface area contributed by atoms with Crippen molar-refractivity contribution in [2.45, 2.75) is 32.2 Å². The van der Waals surface area contributed by atoms with E-state index in [0.29, 0.717) is 6.04 Å². The van der Waals surface area contributed by atoms with E-state index in [1.165, 1.54) is 22.2 Å². The summed E-state index contributed by atoms with van der Waals surface area (Å²) in [5.74, 6) is 0. The van der Waals surface area contributed by atoms with Gasteiger partial charge in [0.2, 0.25) is 0 Å². The average Bonchev–Trinajstić information content (AvgIpc) is 2.68. The zero-order chi connectivity index (χ0) is 12.7. The maximum absolute atomic E-state index is 3.65. The fraction of sp³-hybridized carbons (Fsp3) is 0.692. The lowest BCUT2D eigenvalue weighted by molar-refractivity contribution is 0.357. The maximum Gasteiger partial charge on any atom is 0.0314 e. The first-order chi connectivity index (χ1) is 8.13. The van der Waals surface area contributed by atoms with Gasteiger partial charge < -0.3 is 10.2 Å². The third kappa shape index (κ3) is 6.00. The normalized spacial score (nSPS) is 13.2. The predicted molar refractivity (Wildman–Crippen MR) is 81.0 cm³/mol. The molecule has 0 bridgehead atoms. The van der Waals surface area contributed by atoms with Crippen LogP contribution in [-0.4, -0.2) is 38.1 Å². The molecule has 0 aliphatic heterocycles. The number of thiophene rings is 1. The van der Waals surface area contributed by atoms with Crippen molar-refractivity contribution in [3.05, 3.63) is 20.8 Å². The zero-order valence-corrected chi connectivity index (χ0v) is 13.4. The molecule has 0 aliphatic carbocycles. The van der Waals surface area contributed by atoms with Gasteiger partial charge in [-0.1, -0.05) is 6.92 Å². The Bertz CT molecular complexity index is 312. The number of nitrogens with zero attached hydrogens (tertiary/aromatic N) is 1.